The lowest BCUT2D eigenvalue weighted by atomic mass is 10.3. The first kappa shape index (κ1) is 15.3. The molecule has 1 amide bonds. The van der Waals surface area contributed by atoms with Crippen LogP contribution in [0.3, 0.4) is 0 Å². The van der Waals surface area contributed by atoms with Gasteiger partial charge in [0.15, 0.2) is 0 Å². The van der Waals surface area contributed by atoms with E-state index in [1.54, 1.807) is 21.0 Å². The number of carbonyl (C=O) groups is 1. The molecule has 0 aliphatic heterocycles. The quantitative estimate of drug-likeness (QED) is 0.606. The molecule has 0 radical (unpaired) electrons. The van der Waals surface area contributed by atoms with Gasteiger partial charge in [0.25, 0.3) is 0 Å². The largest absolute Gasteiger partial charge is 0.392 e. The van der Waals surface area contributed by atoms with Crippen LogP contribution in [-0.4, -0.2) is 50.1 Å². The smallest absolute Gasteiger partial charge is 0.237 e. The molecule has 94 valence electrons. The molecule has 0 fully saturated rings. The molecule has 0 spiro atoms. The molecule has 0 aromatic carbocycles. The molecule has 1 unspecified atom stereocenters. The van der Waals surface area contributed by atoms with Crippen molar-refractivity contribution in [2.24, 2.45) is 5.73 Å². The summed E-state index contributed by atoms with van der Waals surface area (Å²) in [6.45, 7) is 1.38. The number of nitrogens with one attached hydrogen (secondary N) is 1. The van der Waals surface area contributed by atoms with Crippen LogP contribution in [0, 0.1) is 0 Å². The van der Waals surface area contributed by atoms with E-state index in [1.807, 2.05) is 0 Å². The average molecular weight is 267 g/mol. The van der Waals surface area contributed by atoms with Crippen LogP contribution in [0.4, 0.5) is 0 Å². The summed E-state index contributed by atoms with van der Waals surface area (Å²) >= 11 is 4.66. The first-order valence-electron chi connectivity index (χ1n) is 4.70. The summed E-state index contributed by atoms with van der Waals surface area (Å²) in [4.78, 5) is 12.4. The number of nitrogens with two attached hydrogens (primary N) is 1. The summed E-state index contributed by atoms with van der Waals surface area (Å²) in [6.07, 6.45) is 0.279. The van der Waals surface area contributed by atoms with Gasteiger partial charge in [0.2, 0.25) is 15.9 Å². The SMILES string of the molecule is CCC(C(N)=S)S(=O)(=O)NCC(=O)N(C)C. The molecule has 0 aliphatic rings. The third kappa shape index (κ3) is 4.42. The Balaban J connectivity index is 4.58. The number of sulfonamides is 1. The van der Waals surface area contributed by atoms with Crippen LogP contribution in [-0.2, 0) is 14.8 Å². The monoisotopic (exact) mass is 267 g/mol. The summed E-state index contributed by atoms with van der Waals surface area (Å²) in [5, 5.41) is -0.933. The highest BCUT2D eigenvalue weighted by Gasteiger charge is 2.26. The Morgan fingerprint density at radius 3 is 2.31 bits per heavy atom. The van der Waals surface area contributed by atoms with Crippen molar-refractivity contribution in [1.82, 2.24) is 9.62 Å². The highest BCUT2D eigenvalue weighted by atomic mass is 32.2. The molecule has 0 aromatic rings. The van der Waals surface area contributed by atoms with E-state index in [0.717, 1.165) is 0 Å². The summed E-state index contributed by atoms with van der Waals surface area (Å²) in [5.41, 5.74) is 5.32. The van der Waals surface area contributed by atoms with Crippen LogP contribution in [0.2, 0.25) is 0 Å². The molecule has 0 bridgehead atoms. The zero-order valence-electron chi connectivity index (χ0n) is 9.56. The minimum atomic E-state index is -3.66. The van der Waals surface area contributed by atoms with Crippen molar-refractivity contribution in [3.8, 4) is 0 Å². The van der Waals surface area contributed by atoms with Crippen molar-refractivity contribution in [3.05, 3.63) is 0 Å². The fourth-order valence-corrected chi connectivity index (χ4v) is 2.81. The number of rotatable bonds is 6. The number of hydrogen-bond acceptors (Lipinski definition) is 4. The fourth-order valence-electron chi connectivity index (χ4n) is 0.995. The van der Waals surface area contributed by atoms with Gasteiger partial charge >= 0.3 is 0 Å². The first-order valence-corrected chi connectivity index (χ1v) is 6.65. The van der Waals surface area contributed by atoms with E-state index < -0.39 is 15.3 Å². The minimum absolute atomic E-state index is 0.0905. The maximum atomic E-state index is 11.7. The van der Waals surface area contributed by atoms with Gasteiger partial charge in [-0.2, -0.15) is 0 Å². The van der Waals surface area contributed by atoms with E-state index in [2.05, 4.69) is 16.9 Å². The molecule has 8 heteroatoms. The standard InChI is InChI=1S/C8H17N3O3S2/c1-4-6(8(9)15)16(13,14)10-5-7(12)11(2)3/h6,10H,4-5H2,1-3H3,(H2,9,15). The number of thiocarbonyl (C=S) groups is 1. The fraction of sp³-hybridized carbons (Fsp3) is 0.750. The lowest BCUT2D eigenvalue weighted by Crippen LogP contribution is -2.45. The van der Waals surface area contributed by atoms with Crippen LogP contribution in [0.1, 0.15) is 13.3 Å². The van der Waals surface area contributed by atoms with Gasteiger partial charge in [0.05, 0.1) is 11.5 Å². The number of nitrogens with zero attached hydrogens (tertiary/aromatic N) is 1. The molecule has 16 heavy (non-hydrogen) atoms. The minimum Gasteiger partial charge on any atom is -0.392 e. The number of likely N-dealkylation sites (N-methyl/N-ethyl adjacent to an activating group) is 1. The second-order valence-electron chi connectivity index (χ2n) is 3.45. The molecule has 0 saturated heterocycles. The second kappa shape index (κ2) is 6.12. The maximum Gasteiger partial charge on any atom is 0.237 e. The van der Waals surface area contributed by atoms with E-state index in [4.69, 9.17) is 5.73 Å². The third-order valence-corrected chi connectivity index (χ3v) is 4.30. The van der Waals surface area contributed by atoms with Crippen LogP contribution in [0.25, 0.3) is 0 Å². The van der Waals surface area contributed by atoms with E-state index in [1.165, 1.54) is 4.90 Å². The molecule has 6 nitrogen and oxygen atoms in total. The molecule has 0 aliphatic carbocycles. The van der Waals surface area contributed by atoms with Crippen molar-refractivity contribution in [3.63, 3.8) is 0 Å². The lowest BCUT2D eigenvalue weighted by molar-refractivity contribution is -0.127. The molecule has 0 heterocycles. The molecule has 0 aromatic heterocycles. The van der Waals surface area contributed by atoms with Crippen LogP contribution >= 0.6 is 12.2 Å². The van der Waals surface area contributed by atoms with E-state index >= 15 is 0 Å². The first-order chi connectivity index (χ1) is 7.22. The van der Waals surface area contributed by atoms with Crippen LogP contribution < -0.4 is 10.5 Å². The van der Waals surface area contributed by atoms with Gasteiger partial charge in [-0.25, -0.2) is 13.1 Å². The van der Waals surface area contributed by atoms with E-state index in [-0.39, 0.29) is 23.9 Å². The van der Waals surface area contributed by atoms with Gasteiger partial charge in [-0.05, 0) is 6.42 Å². The molecular formula is C8H17N3O3S2. The number of carbonyl (C=O) groups excluding carboxylic acids is 1. The Bertz CT molecular complexity index is 365. The number of amides is 1. The van der Waals surface area contributed by atoms with Crippen molar-refractivity contribution >= 4 is 33.1 Å². The summed E-state index contributed by atoms with van der Waals surface area (Å²) in [7, 11) is -0.578. The van der Waals surface area contributed by atoms with E-state index in [9.17, 15) is 13.2 Å². The molecule has 3 N–H and O–H groups in total. The molecule has 1 atom stereocenters. The third-order valence-electron chi connectivity index (χ3n) is 1.99. The van der Waals surface area contributed by atoms with Gasteiger partial charge in [0, 0.05) is 14.1 Å². The van der Waals surface area contributed by atoms with Gasteiger partial charge < -0.3 is 10.6 Å². The Morgan fingerprint density at radius 2 is 2.00 bits per heavy atom. The lowest BCUT2D eigenvalue weighted by Gasteiger charge is -2.16. The Kier molecular flexibility index (Phi) is 5.84. The highest BCUT2D eigenvalue weighted by molar-refractivity contribution is 7.93. The van der Waals surface area contributed by atoms with Crippen LogP contribution in [0.5, 0.6) is 0 Å². The van der Waals surface area contributed by atoms with E-state index in [0.29, 0.717) is 0 Å². The topological polar surface area (TPSA) is 92.5 Å². The average Bonchev–Trinajstić information content (AvgIpc) is 2.13. The summed E-state index contributed by atoms with van der Waals surface area (Å²) in [5.74, 6) is -0.332. The molecule has 0 rings (SSSR count). The second-order valence-corrected chi connectivity index (χ2v) is 5.87. The van der Waals surface area contributed by atoms with Crippen molar-refractivity contribution < 1.29 is 13.2 Å². The van der Waals surface area contributed by atoms with Gasteiger partial charge in [0.1, 0.15) is 5.25 Å². The number of hydrogen-bond donors (Lipinski definition) is 2. The van der Waals surface area contributed by atoms with Crippen molar-refractivity contribution in [2.75, 3.05) is 20.6 Å². The molecule has 0 saturated carbocycles. The van der Waals surface area contributed by atoms with Crippen molar-refractivity contribution in [2.45, 2.75) is 18.6 Å². The summed E-state index contributed by atoms with van der Waals surface area (Å²) in [6, 6.07) is 0. The normalized spacial score (nSPS) is 13.2. The predicted octanol–water partition coefficient (Wildman–Crippen LogP) is -0.941. The van der Waals surface area contributed by atoms with Gasteiger partial charge in [-0.1, -0.05) is 19.1 Å². The Labute approximate surface area is 101 Å². The van der Waals surface area contributed by atoms with Crippen molar-refractivity contribution in [1.29, 1.82) is 0 Å². The van der Waals surface area contributed by atoms with Gasteiger partial charge in [-0.15, -0.1) is 0 Å². The van der Waals surface area contributed by atoms with Gasteiger partial charge in [-0.3, -0.25) is 4.79 Å². The van der Waals surface area contributed by atoms with Crippen LogP contribution in [0.15, 0.2) is 0 Å². The highest BCUT2D eigenvalue weighted by Crippen LogP contribution is 2.04. The summed E-state index contributed by atoms with van der Waals surface area (Å²) < 4.78 is 25.5. The maximum absolute atomic E-state index is 11.7. The zero-order chi connectivity index (χ0) is 12.9. The Hall–Kier alpha value is -0.730. The zero-order valence-corrected chi connectivity index (χ0v) is 11.2. The predicted molar refractivity (Wildman–Crippen MR) is 66.5 cm³/mol. The molecular weight excluding hydrogens is 250 g/mol. The Morgan fingerprint density at radius 1 is 1.50 bits per heavy atom.